The van der Waals surface area contributed by atoms with Crippen molar-refractivity contribution in [3.8, 4) is 0 Å². The molecule has 0 bridgehead atoms. The van der Waals surface area contributed by atoms with Crippen molar-refractivity contribution in [3.63, 3.8) is 0 Å². The minimum absolute atomic E-state index is 0.0102. The molecule has 2 rings (SSSR count). The first-order valence-corrected chi connectivity index (χ1v) is 11.7. The van der Waals surface area contributed by atoms with E-state index in [1.807, 2.05) is 50.2 Å². The lowest BCUT2D eigenvalue weighted by molar-refractivity contribution is -0.138. The Balaban J connectivity index is 2.08. The highest BCUT2D eigenvalue weighted by Crippen LogP contribution is 2.19. The molecular weight excluding hydrogens is 392 g/mol. The van der Waals surface area contributed by atoms with Gasteiger partial charge >= 0.3 is 0 Å². The zero-order valence-electron chi connectivity index (χ0n) is 18.8. The van der Waals surface area contributed by atoms with Crippen LogP contribution in [0.1, 0.15) is 43.0 Å². The molecule has 5 heteroatoms. The van der Waals surface area contributed by atoms with Crippen molar-refractivity contribution in [2.24, 2.45) is 5.92 Å². The summed E-state index contributed by atoms with van der Waals surface area (Å²) < 4.78 is 0. The molecule has 0 aromatic heterocycles. The van der Waals surface area contributed by atoms with Crippen molar-refractivity contribution in [2.45, 2.75) is 53.0 Å². The minimum atomic E-state index is -0.519. The predicted octanol–water partition coefficient (Wildman–Crippen LogP) is 4.73. The molecule has 0 saturated carbocycles. The smallest absolute Gasteiger partial charge is 0.242 e. The van der Waals surface area contributed by atoms with E-state index in [1.165, 1.54) is 11.1 Å². The summed E-state index contributed by atoms with van der Waals surface area (Å²) in [6, 6.07) is 15.7. The average Bonchev–Trinajstić information content (AvgIpc) is 2.72. The Kier molecular flexibility index (Phi) is 9.44. The molecule has 30 heavy (non-hydrogen) atoms. The number of nitrogens with zero attached hydrogens (tertiary/aromatic N) is 1. The van der Waals surface area contributed by atoms with Gasteiger partial charge in [-0.25, -0.2) is 0 Å². The fourth-order valence-corrected chi connectivity index (χ4v) is 4.10. The van der Waals surface area contributed by atoms with Crippen LogP contribution in [0.3, 0.4) is 0 Å². The van der Waals surface area contributed by atoms with Crippen LogP contribution in [0.4, 0.5) is 0 Å². The Morgan fingerprint density at radius 2 is 1.50 bits per heavy atom. The number of nitrogens with one attached hydrogen (secondary N) is 1. The summed E-state index contributed by atoms with van der Waals surface area (Å²) in [5.74, 6) is 1.39. The number of benzene rings is 2. The van der Waals surface area contributed by atoms with Crippen LogP contribution in [0.15, 0.2) is 48.5 Å². The van der Waals surface area contributed by atoms with Gasteiger partial charge in [0.05, 0.1) is 5.75 Å². The second-order valence-electron chi connectivity index (χ2n) is 8.18. The number of amides is 2. The molecule has 1 atom stereocenters. The summed E-state index contributed by atoms with van der Waals surface area (Å²) in [6.07, 6.45) is 0. The van der Waals surface area contributed by atoms with Gasteiger partial charge < -0.3 is 10.2 Å². The van der Waals surface area contributed by atoms with Crippen LogP contribution in [0, 0.1) is 19.8 Å². The maximum Gasteiger partial charge on any atom is 0.242 e. The SMILES string of the molecule is Cc1ccccc1CSCC(=O)N(Cc1ccccc1C)[C@H](C)C(=O)NCC(C)C. The Labute approximate surface area is 185 Å². The Morgan fingerprint density at radius 1 is 0.933 bits per heavy atom. The molecule has 0 saturated heterocycles. The number of hydrogen-bond acceptors (Lipinski definition) is 3. The lowest BCUT2D eigenvalue weighted by Crippen LogP contribution is -2.48. The first kappa shape index (κ1) is 24.0. The summed E-state index contributed by atoms with van der Waals surface area (Å²) in [5.41, 5.74) is 4.66. The zero-order valence-corrected chi connectivity index (χ0v) is 19.6. The van der Waals surface area contributed by atoms with Gasteiger partial charge in [0.15, 0.2) is 0 Å². The number of aryl methyl sites for hydroxylation is 2. The van der Waals surface area contributed by atoms with E-state index in [1.54, 1.807) is 16.7 Å². The molecule has 2 amide bonds. The third kappa shape index (κ3) is 7.21. The fourth-order valence-electron chi connectivity index (χ4n) is 3.11. The third-order valence-electron chi connectivity index (χ3n) is 5.20. The van der Waals surface area contributed by atoms with Gasteiger partial charge in [0, 0.05) is 18.8 Å². The molecule has 0 unspecified atom stereocenters. The van der Waals surface area contributed by atoms with Crippen molar-refractivity contribution in [2.75, 3.05) is 12.3 Å². The molecule has 0 aliphatic rings. The summed E-state index contributed by atoms with van der Waals surface area (Å²) in [6.45, 7) is 11.1. The molecule has 0 fully saturated rings. The molecule has 4 nitrogen and oxygen atoms in total. The van der Waals surface area contributed by atoms with Gasteiger partial charge in [0.25, 0.3) is 0 Å². The molecule has 0 aliphatic heterocycles. The molecule has 1 N–H and O–H groups in total. The quantitative estimate of drug-likeness (QED) is 0.598. The van der Waals surface area contributed by atoms with Crippen LogP contribution in [-0.2, 0) is 21.9 Å². The van der Waals surface area contributed by atoms with Gasteiger partial charge in [-0.15, -0.1) is 11.8 Å². The molecule has 162 valence electrons. The van der Waals surface area contributed by atoms with Crippen molar-refractivity contribution < 1.29 is 9.59 Å². The Hall–Kier alpha value is -2.27. The monoisotopic (exact) mass is 426 g/mol. The van der Waals surface area contributed by atoms with E-state index in [0.29, 0.717) is 24.8 Å². The summed E-state index contributed by atoms with van der Waals surface area (Å²) in [5, 5.41) is 2.97. The van der Waals surface area contributed by atoms with Gasteiger partial charge in [0.1, 0.15) is 6.04 Å². The third-order valence-corrected chi connectivity index (χ3v) is 6.16. The highest BCUT2D eigenvalue weighted by atomic mass is 32.2. The second kappa shape index (κ2) is 11.8. The van der Waals surface area contributed by atoms with Crippen LogP contribution in [-0.4, -0.2) is 35.1 Å². The highest BCUT2D eigenvalue weighted by Gasteiger charge is 2.26. The number of carbonyl (C=O) groups excluding carboxylic acids is 2. The van der Waals surface area contributed by atoms with E-state index < -0.39 is 6.04 Å². The number of carbonyl (C=O) groups is 2. The molecule has 2 aromatic rings. The molecular formula is C25H34N2O2S. The van der Waals surface area contributed by atoms with Gasteiger partial charge in [0.2, 0.25) is 11.8 Å². The first-order valence-electron chi connectivity index (χ1n) is 10.5. The van der Waals surface area contributed by atoms with Crippen molar-refractivity contribution in [1.29, 1.82) is 0 Å². The van der Waals surface area contributed by atoms with Gasteiger partial charge in [-0.1, -0.05) is 62.4 Å². The van der Waals surface area contributed by atoms with Gasteiger partial charge in [-0.3, -0.25) is 9.59 Å². The lowest BCUT2D eigenvalue weighted by atomic mass is 10.1. The molecule has 0 heterocycles. The lowest BCUT2D eigenvalue weighted by Gasteiger charge is -2.29. The van der Waals surface area contributed by atoms with E-state index in [-0.39, 0.29) is 11.8 Å². The topological polar surface area (TPSA) is 49.4 Å². The Morgan fingerprint density at radius 3 is 2.07 bits per heavy atom. The van der Waals surface area contributed by atoms with E-state index in [2.05, 4.69) is 38.2 Å². The standard InChI is InChI=1S/C25H34N2O2S/c1-18(2)14-26-25(29)21(5)27(15-22-12-8-6-10-19(22)3)24(28)17-30-16-23-13-9-7-11-20(23)4/h6-13,18,21H,14-17H2,1-5H3,(H,26,29)/t21-/m1/s1. The molecule has 0 aliphatic carbocycles. The number of rotatable bonds is 10. The maximum absolute atomic E-state index is 13.1. The molecule has 0 radical (unpaired) electrons. The van der Waals surface area contributed by atoms with Crippen molar-refractivity contribution in [1.82, 2.24) is 10.2 Å². The van der Waals surface area contributed by atoms with E-state index in [9.17, 15) is 9.59 Å². The average molecular weight is 427 g/mol. The number of thioether (sulfide) groups is 1. The molecule has 0 spiro atoms. The Bertz CT molecular complexity index is 851. The highest BCUT2D eigenvalue weighted by molar-refractivity contribution is 7.99. The number of hydrogen-bond donors (Lipinski definition) is 1. The summed E-state index contributed by atoms with van der Waals surface area (Å²) in [7, 11) is 0. The fraction of sp³-hybridized carbons (Fsp3) is 0.440. The van der Waals surface area contributed by atoms with E-state index >= 15 is 0 Å². The van der Waals surface area contributed by atoms with Gasteiger partial charge in [-0.05, 0) is 48.9 Å². The van der Waals surface area contributed by atoms with Gasteiger partial charge in [-0.2, -0.15) is 0 Å². The van der Waals surface area contributed by atoms with Crippen LogP contribution in [0.5, 0.6) is 0 Å². The van der Waals surface area contributed by atoms with Crippen LogP contribution in [0.2, 0.25) is 0 Å². The summed E-state index contributed by atoms with van der Waals surface area (Å²) >= 11 is 1.60. The predicted molar refractivity (Wildman–Crippen MR) is 126 cm³/mol. The van der Waals surface area contributed by atoms with E-state index in [4.69, 9.17) is 0 Å². The first-order chi connectivity index (χ1) is 14.3. The van der Waals surface area contributed by atoms with Crippen LogP contribution in [0.25, 0.3) is 0 Å². The van der Waals surface area contributed by atoms with Crippen LogP contribution < -0.4 is 5.32 Å². The zero-order chi connectivity index (χ0) is 22.1. The minimum Gasteiger partial charge on any atom is -0.354 e. The summed E-state index contributed by atoms with van der Waals surface area (Å²) in [4.78, 5) is 27.6. The second-order valence-corrected chi connectivity index (χ2v) is 9.17. The maximum atomic E-state index is 13.1. The largest absolute Gasteiger partial charge is 0.354 e. The van der Waals surface area contributed by atoms with Crippen molar-refractivity contribution >= 4 is 23.6 Å². The van der Waals surface area contributed by atoms with Crippen LogP contribution >= 0.6 is 11.8 Å². The van der Waals surface area contributed by atoms with Crippen molar-refractivity contribution in [3.05, 3.63) is 70.8 Å². The van der Waals surface area contributed by atoms with E-state index in [0.717, 1.165) is 16.9 Å². The normalized spacial score (nSPS) is 11.9. The molecule has 2 aromatic carbocycles.